The molecule has 1 aliphatic heterocycles. The molecule has 0 unspecified atom stereocenters. The molecule has 1 aliphatic rings. The van der Waals surface area contributed by atoms with Gasteiger partial charge in [0.15, 0.2) is 0 Å². The molecular weight excluding hydrogens is 174 g/mol. The lowest BCUT2D eigenvalue weighted by Crippen LogP contribution is -2.58. The van der Waals surface area contributed by atoms with Crippen molar-refractivity contribution in [2.24, 2.45) is 0 Å². The first-order valence-electron chi connectivity index (χ1n) is 5.83. The molecule has 2 nitrogen and oxygen atoms in total. The monoisotopic (exact) mass is 199 g/mol. The topological polar surface area (TPSA) is 12.5 Å². The first kappa shape index (κ1) is 12.0. The minimum absolute atomic E-state index is 0.191. The molecule has 1 heterocycles. The third-order valence-corrected chi connectivity index (χ3v) is 3.10. The van der Waals surface area contributed by atoms with Crippen LogP contribution in [0.4, 0.5) is 0 Å². The summed E-state index contributed by atoms with van der Waals surface area (Å²) in [7, 11) is 0. The van der Waals surface area contributed by atoms with Crippen molar-refractivity contribution in [3.05, 3.63) is 0 Å². The Labute approximate surface area is 88.6 Å². The molecule has 0 spiro atoms. The molecule has 0 aromatic rings. The Bertz CT molecular complexity index is 171. The van der Waals surface area contributed by atoms with Gasteiger partial charge in [-0.1, -0.05) is 6.92 Å². The lowest BCUT2D eigenvalue weighted by atomic mass is 9.82. The number of piperidine rings is 1. The Morgan fingerprint density at radius 1 is 1.07 bits per heavy atom. The van der Waals surface area contributed by atoms with Gasteiger partial charge >= 0.3 is 0 Å². The fourth-order valence-electron chi connectivity index (χ4n) is 2.51. The van der Waals surface area contributed by atoms with Crippen LogP contribution in [0.3, 0.4) is 0 Å². The Morgan fingerprint density at radius 2 is 1.57 bits per heavy atom. The van der Waals surface area contributed by atoms with Crippen LogP contribution >= 0.6 is 0 Å². The number of hydrogen-bond donors (Lipinski definition) is 0. The summed E-state index contributed by atoms with van der Waals surface area (Å²) in [5.41, 5.74) is 0.383. The van der Waals surface area contributed by atoms with Crippen molar-refractivity contribution in [2.75, 3.05) is 6.61 Å². The van der Waals surface area contributed by atoms with E-state index >= 15 is 0 Å². The Balaban J connectivity index is 2.70. The van der Waals surface area contributed by atoms with Gasteiger partial charge in [0, 0.05) is 11.1 Å². The van der Waals surface area contributed by atoms with Gasteiger partial charge < -0.3 is 0 Å². The molecule has 0 radical (unpaired) electrons. The fourth-order valence-corrected chi connectivity index (χ4v) is 2.51. The third kappa shape index (κ3) is 2.48. The van der Waals surface area contributed by atoms with Crippen molar-refractivity contribution in [1.82, 2.24) is 5.06 Å². The summed E-state index contributed by atoms with van der Waals surface area (Å²) < 4.78 is 0. The van der Waals surface area contributed by atoms with Crippen LogP contribution in [0.25, 0.3) is 0 Å². The second-order valence-corrected chi connectivity index (χ2v) is 5.61. The van der Waals surface area contributed by atoms with Crippen molar-refractivity contribution in [1.29, 1.82) is 0 Å². The summed E-state index contributed by atoms with van der Waals surface area (Å²) in [5, 5.41) is 2.23. The molecular formula is C12H25NO. The highest BCUT2D eigenvalue weighted by molar-refractivity contribution is 4.92. The van der Waals surface area contributed by atoms with Crippen LogP contribution in [-0.4, -0.2) is 22.7 Å². The molecule has 0 aliphatic carbocycles. The van der Waals surface area contributed by atoms with Crippen molar-refractivity contribution < 1.29 is 4.84 Å². The number of rotatable bonds is 3. The predicted octanol–water partition coefficient (Wildman–Crippen LogP) is 3.37. The molecule has 0 atom stereocenters. The molecule has 1 saturated heterocycles. The maximum atomic E-state index is 5.90. The highest BCUT2D eigenvalue weighted by Gasteiger charge is 2.42. The van der Waals surface area contributed by atoms with E-state index in [1.54, 1.807) is 0 Å². The van der Waals surface area contributed by atoms with Gasteiger partial charge in [0.05, 0.1) is 6.61 Å². The summed E-state index contributed by atoms with van der Waals surface area (Å²) in [6.45, 7) is 12.1. The van der Waals surface area contributed by atoms with Crippen molar-refractivity contribution >= 4 is 0 Å². The molecule has 0 amide bonds. The van der Waals surface area contributed by atoms with E-state index in [2.05, 4.69) is 39.7 Å². The molecule has 0 aromatic heterocycles. The number of hydroxylamine groups is 2. The molecule has 14 heavy (non-hydrogen) atoms. The van der Waals surface area contributed by atoms with Crippen LogP contribution in [0.5, 0.6) is 0 Å². The molecule has 1 fully saturated rings. The summed E-state index contributed by atoms with van der Waals surface area (Å²) in [6, 6.07) is 0. The summed E-state index contributed by atoms with van der Waals surface area (Å²) >= 11 is 0. The minimum Gasteiger partial charge on any atom is -0.298 e. The van der Waals surface area contributed by atoms with Crippen molar-refractivity contribution in [2.45, 2.75) is 71.4 Å². The van der Waals surface area contributed by atoms with Crippen LogP contribution in [0.2, 0.25) is 0 Å². The van der Waals surface area contributed by atoms with Crippen LogP contribution in [0, 0.1) is 0 Å². The van der Waals surface area contributed by atoms with E-state index in [9.17, 15) is 0 Å². The largest absolute Gasteiger partial charge is 0.298 e. The molecule has 1 rings (SSSR count). The smallest absolute Gasteiger partial charge is 0.0683 e. The first-order valence-corrected chi connectivity index (χ1v) is 5.83. The predicted molar refractivity (Wildman–Crippen MR) is 60.1 cm³/mol. The Hall–Kier alpha value is -0.0800. The Kier molecular flexibility index (Phi) is 3.59. The van der Waals surface area contributed by atoms with Crippen LogP contribution in [0.15, 0.2) is 0 Å². The average Bonchev–Trinajstić information content (AvgIpc) is 2.01. The normalized spacial score (nSPS) is 26.4. The zero-order valence-corrected chi connectivity index (χ0v) is 10.4. The highest BCUT2D eigenvalue weighted by Crippen LogP contribution is 2.38. The first-order chi connectivity index (χ1) is 6.40. The van der Waals surface area contributed by atoms with E-state index in [0.717, 1.165) is 13.0 Å². The Morgan fingerprint density at radius 3 is 2.00 bits per heavy atom. The summed E-state index contributed by atoms with van der Waals surface area (Å²) in [6.07, 6.45) is 4.87. The quantitative estimate of drug-likeness (QED) is 0.691. The molecule has 2 heteroatoms. The van der Waals surface area contributed by atoms with E-state index in [-0.39, 0.29) is 11.1 Å². The summed E-state index contributed by atoms with van der Waals surface area (Å²) in [4.78, 5) is 5.90. The molecule has 0 N–H and O–H groups in total. The highest BCUT2D eigenvalue weighted by atomic mass is 16.7. The second kappa shape index (κ2) is 4.19. The standard InChI is InChI=1S/C12H25NO/c1-6-10-14-13-11(2,3)8-7-9-12(13,4)5/h6-10H2,1-5H3. The van der Waals surface area contributed by atoms with Gasteiger partial charge in [-0.2, -0.15) is 5.06 Å². The number of hydrogen-bond acceptors (Lipinski definition) is 2. The lowest BCUT2D eigenvalue weighted by molar-refractivity contribution is -0.280. The molecule has 0 bridgehead atoms. The lowest BCUT2D eigenvalue weighted by Gasteiger charge is -2.51. The number of nitrogens with zero attached hydrogens (tertiary/aromatic N) is 1. The molecule has 0 saturated carbocycles. The summed E-state index contributed by atoms with van der Waals surface area (Å²) in [5.74, 6) is 0. The molecule has 0 aromatic carbocycles. The van der Waals surface area contributed by atoms with Gasteiger partial charge in [0.25, 0.3) is 0 Å². The maximum absolute atomic E-state index is 5.90. The van der Waals surface area contributed by atoms with E-state index in [4.69, 9.17) is 4.84 Å². The van der Waals surface area contributed by atoms with E-state index < -0.39 is 0 Å². The van der Waals surface area contributed by atoms with E-state index in [1.807, 2.05) is 0 Å². The zero-order chi connectivity index (χ0) is 10.8. The van der Waals surface area contributed by atoms with Crippen molar-refractivity contribution in [3.8, 4) is 0 Å². The van der Waals surface area contributed by atoms with Gasteiger partial charge in [-0.05, 0) is 53.4 Å². The third-order valence-electron chi connectivity index (χ3n) is 3.10. The van der Waals surface area contributed by atoms with Crippen LogP contribution in [-0.2, 0) is 4.84 Å². The van der Waals surface area contributed by atoms with Crippen LogP contribution < -0.4 is 0 Å². The van der Waals surface area contributed by atoms with Gasteiger partial charge in [0.2, 0.25) is 0 Å². The van der Waals surface area contributed by atoms with Gasteiger partial charge in [-0.25, -0.2) is 0 Å². The van der Waals surface area contributed by atoms with Gasteiger partial charge in [0.1, 0.15) is 0 Å². The van der Waals surface area contributed by atoms with E-state index in [0.29, 0.717) is 0 Å². The van der Waals surface area contributed by atoms with Gasteiger partial charge in [-0.3, -0.25) is 4.84 Å². The van der Waals surface area contributed by atoms with Crippen LogP contribution in [0.1, 0.15) is 60.3 Å². The average molecular weight is 199 g/mol. The van der Waals surface area contributed by atoms with Gasteiger partial charge in [-0.15, -0.1) is 0 Å². The van der Waals surface area contributed by atoms with Crippen molar-refractivity contribution in [3.63, 3.8) is 0 Å². The zero-order valence-electron chi connectivity index (χ0n) is 10.4. The molecule has 84 valence electrons. The maximum Gasteiger partial charge on any atom is 0.0683 e. The fraction of sp³-hybridized carbons (Fsp3) is 1.00. The second-order valence-electron chi connectivity index (χ2n) is 5.61. The van der Waals surface area contributed by atoms with E-state index in [1.165, 1.54) is 19.3 Å². The minimum atomic E-state index is 0.191. The SMILES string of the molecule is CCCON1C(C)(C)CCCC1(C)C.